The van der Waals surface area contributed by atoms with E-state index in [1.165, 1.54) is 38.5 Å². The van der Waals surface area contributed by atoms with Crippen LogP contribution in [0.3, 0.4) is 0 Å². The van der Waals surface area contributed by atoms with Crippen molar-refractivity contribution in [3.8, 4) is 6.07 Å². The van der Waals surface area contributed by atoms with Crippen LogP contribution in [-0.2, 0) is 4.74 Å². The summed E-state index contributed by atoms with van der Waals surface area (Å²) < 4.78 is 5.83. The topological polar surface area (TPSA) is 45.0 Å². The molecule has 1 aliphatic carbocycles. The largest absolute Gasteiger partial charge is 0.378 e. The molecule has 0 saturated heterocycles. The quantitative estimate of drug-likeness (QED) is 0.579. The molecule has 2 unspecified atom stereocenters. The molecule has 1 aliphatic rings. The van der Waals surface area contributed by atoms with Crippen molar-refractivity contribution >= 4 is 0 Å². The average Bonchev–Trinajstić information content (AvgIpc) is 3.18. The van der Waals surface area contributed by atoms with Gasteiger partial charge < -0.3 is 4.74 Å². The fraction of sp³-hybridized carbons (Fsp3) is 0.938. The summed E-state index contributed by atoms with van der Waals surface area (Å²) >= 11 is 0. The van der Waals surface area contributed by atoms with Crippen molar-refractivity contribution in [1.29, 1.82) is 5.26 Å². The molecule has 0 aliphatic heterocycles. The highest BCUT2D eigenvalue weighted by Gasteiger charge is 2.32. The standard InChI is InChI=1S/C16H30N2O/c1-4-5-6-7-8-14(2)19-12-11-16(3,13-17)18-15-9-10-15/h14-15,18H,4-12H2,1-3H3. The van der Waals surface area contributed by atoms with Crippen molar-refractivity contribution in [2.75, 3.05) is 6.61 Å². The fourth-order valence-corrected chi connectivity index (χ4v) is 2.24. The van der Waals surface area contributed by atoms with Crippen molar-refractivity contribution in [1.82, 2.24) is 5.32 Å². The molecule has 0 spiro atoms. The van der Waals surface area contributed by atoms with Gasteiger partial charge in [0.2, 0.25) is 0 Å². The van der Waals surface area contributed by atoms with Crippen LogP contribution in [0.5, 0.6) is 0 Å². The van der Waals surface area contributed by atoms with Gasteiger partial charge in [-0.3, -0.25) is 5.32 Å². The van der Waals surface area contributed by atoms with Crippen molar-refractivity contribution in [2.24, 2.45) is 0 Å². The summed E-state index contributed by atoms with van der Waals surface area (Å²) in [4.78, 5) is 0. The van der Waals surface area contributed by atoms with Crippen molar-refractivity contribution in [3.05, 3.63) is 0 Å². The van der Waals surface area contributed by atoms with Crippen molar-refractivity contribution in [2.45, 2.75) is 89.8 Å². The minimum atomic E-state index is -0.414. The van der Waals surface area contributed by atoms with Gasteiger partial charge in [-0.1, -0.05) is 32.6 Å². The normalized spacial score (nSPS) is 19.7. The Morgan fingerprint density at radius 2 is 2.11 bits per heavy atom. The molecule has 0 radical (unpaired) electrons. The Morgan fingerprint density at radius 3 is 2.68 bits per heavy atom. The van der Waals surface area contributed by atoms with Crippen LogP contribution in [0.15, 0.2) is 0 Å². The summed E-state index contributed by atoms with van der Waals surface area (Å²) in [6, 6.07) is 2.96. The third-order valence-corrected chi connectivity index (χ3v) is 3.82. The van der Waals surface area contributed by atoms with E-state index in [1.807, 2.05) is 6.92 Å². The lowest BCUT2D eigenvalue weighted by Gasteiger charge is -2.24. The smallest absolute Gasteiger partial charge is 0.106 e. The van der Waals surface area contributed by atoms with Gasteiger partial charge >= 0.3 is 0 Å². The van der Waals surface area contributed by atoms with Gasteiger partial charge in [0.25, 0.3) is 0 Å². The first-order valence-electron chi connectivity index (χ1n) is 7.90. The molecule has 3 nitrogen and oxygen atoms in total. The molecule has 19 heavy (non-hydrogen) atoms. The third kappa shape index (κ3) is 7.54. The summed E-state index contributed by atoms with van der Waals surface area (Å²) in [5.74, 6) is 0. The highest BCUT2D eigenvalue weighted by Crippen LogP contribution is 2.23. The Kier molecular flexibility index (Phi) is 7.41. The van der Waals surface area contributed by atoms with Gasteiger partial charge in [-0.2, -0.15) is 5.26 Å². The van der Waals surface area contributed by atoms with Gasteiger partial charge in [0.05, 0.1) is 12.2 Å². The summed E-state index contributed by atoms with van der Waals surface area (Å²) in [6.45, 7) is 7.04. The Balaban J connectivity index is 2.08. The first-order chi connectivity index (χ1) is 9.09. The molecule has 2 atom stereocenters. The van der Waals surface area contributed by atoms with E-state index in [9.17, 15) is 5.26 Å². The first kappa shape index (κ1) is 16.5. The van der Waals surface area contributed by atoms with Gasteiger partial charge in [0.1, 0.15) is 5.54 Å². The molecule has 3 heteroatoms. The average molecular weight is 266 g/mol. The van der Waals surface area contributed by atoms with Crippen LogP contribution in [0.2, 0.25) is 0 Å². The lowest BCUT2D eigenvalue weighted by atomic mass is 10.0. The molecule has 0 aromatic carbocycles. The second-order valence-electron chi connectivity index (χ2n) is 6.14. The zero-order valence-corrected chi connectivity index (χ0v) is 12.9. The number of ether oxygens (including phenoxy) is 1. The molecule has 1 fully saturated rings. The summed E-state index contributed by atoms with van der Waals surface area (Å²) in [5, 5.41) is 12.7. The highest BCUT2D eigenvalue weighted by molar-refractivity contribution is 5.07. The van der Waals surface area contributed by atoms with Crippen LogP contribution < -0.4 is 5.32 Å². The van der Waals surface area contributed by atoms with E-state index in [-0.39, 0.29) is 0 Å². The molecule has 0 aromatic heterocycles. The molecular weight excluding hydrogens is 236 g/mol. The van der Waals surface area contributed by atoms with E-state index in [0.29, 0.717) is 18.8 Å². The minimum absolute atomic E-state index is 0.320. The second-order valence-corrected chi connectivity index (χ2v) is 6.14. The van der Waals surface area contributed by atoms with E-state index in [1.54, 1.807) is 0 Å². The number of hydrogen-bond acceptors (Lipinski definition) is 3. The Labute approximate surface area is 118 Å². The summed E-state index contributed by atoms with van der Waals surface area (Å²) in [6.07, 6.45) is 9.83. The van der Waals surface area contributed by atoms with Gasteiger partial charge in [0.15, 0.2) is 0 Å². The molecule has 0 amide bonds. The Morgan fingerprint density at radius 1 is 1.37 bits per heavy atom. The number of nitriles is 1. The maximum absolute atomic E-state index is 9.26. The van der Waals surface area contributed by atoms with Gasteiger partial charge in [-0.15, -0.1) is 0 Å². The van der Waals surface area contributed by atoms with Crippen LogP contribution >= 0.6 is 0 Å². The zero-order chi connectivity index (χ0) is 14.1. The van der Waals surface area contributed by atoms with Gasteiger partial charge in [-0.25, -0.2) is 0 Å². The molecule has 1 rings (SSSR count). The lowest BCUT2D eigenvalue weighted by Crippen LogP contribution is -2.43. The first-order valence-corrected chi connectivity index (χ1v) is 7.90. The zero-order valence-electron chi connectivity index (χ0n) is 12.9. The maximum atomic E-state index is 9.26. The highest BCUT2D eigenvalue weighted by atomic mass is 16.5. The number of nitrogens with one attached hydrogen (secondary N) is 1. The predicted molar refractivity (Wildman–Crippen MR) is 79.0 cm³/mol. The van der Waals surface area contributed by atoms with E-state index < -0.39 is 5.54 Å². The fourth-order valence-electron chi connectivity index (χ4n) is 2.24. The molecule has 0 bridgehead atoms. The van der Waals surface area contributed by atoms with E-state index in [2.05, 4.69) is 25.2 Å². The van der Waals surface area contributed by atoms with Crippen LogP contribution in [0.25, 0.3) is 0 Å². The SMILES string of the molecule is CCCCCCC(C)OCCC(C)(C#N)NC1CC1. The monoisotopic (exact) mass is 266 g/mol. The van der Waals surface area contributed by atoms with Gasteiger partial charge in [-0.05, 0) is 33.1 Å². The summed E-state index contributed by atoms with van der Waals surface area (Å²) in [7, 11) is 0. The number of nitrogens with zero attached hydrogens (tertiary/aromatic N) is 1. The number of unbranched alkanes of at least 4 members (excludes halogenated alkanes) is 3. The van der Waals surface area contributed by atoms with Crippen molar-refractivity contribution in [3.63, 3.8) is 0 Å². The lowest BCUT2D eigenvalue weighted by molar-refractivity contribution is 0.0486. The molecule has 0 aromatic rings. The van der Waals surface area contributed by atoms with Crippen molar-refractivity contribution < 1.29 is 4.74 Å². The van der Waals surface area contributed by atoms with Gasteiger partial charge in [0, 0.05) is 19.1 Å². The number of rotatable bonds is 11. The predicted octanol–water partition coefficient (Wildman–Crippen LogP) is 3.79. The van der Waals surface area contributed by atoms with E-state index in [0.717, 1.165) is 12.8 Å². The Hall–Kier alpha value is -0.590. The van der Waals surface area contributed by atoms with E-state index >= 15 is 0 Å². The van der Waals surface area contributed by atoms with Crippen LogP contribution in [-0.4, -0.2) is 24.3 Å². The molecule has 1 N–H and O–H groups in total. The second kappa shape index (κ2) is 8.55. The third-order valence-electron chi connectivity index (χ3n) is 3.82. The minimum Gasteiger partial charge on any atom is -0.378 e. The van der Waals surface area contributed by atoms with Crippen LogP contribution in [0, 0.1) is 11.3 Å². The van der Waals surface area contributed by atoms with E-state index in [4.69, 9.17) is 4.74 Å². The number of hydrogen-bond donors (Lipinski definition) is 1. The van der Waals surface area contributed by atoms with Crippen LogP contribution in [0.4, 0.5) is 0 Å². The maximum Gasteiger partial charge on any atom is 0.106 e. The summed E-state index contributed by atoms with van der Waals surface area (Å²) in [5.41, 5.74) is -0.414. The van der Waals surface area contributed by atoms with Crippen LogP contribution in [0.1, 0.15) is 72.1 Å². The molecule has 110 valence electrons. The Bertz CT molecular complexity index is 283. The molecular formula is C16H30N2O. The molecule has 0 heterocycles. The molecule has 1 saturated carbocycles.